The Kier molecular flexibility index (Phi) is 2.52. The molecule has 0 bridgehead atoms. The van der Waals surface area contributed by atoms with Crippen LogP contribution in [0, 0.1) is 0 Å². The van der Waals surface area contributed by atoms with E-state index in [0.717, 1.165) is 0 Å². The molecule has 68 valence electrons. The van der Waals surface area contributed by atoms with Crippen molar-refractivity contribution in [1.82, 2.24) is 4.90 Å². The summed E-state index contributed by atoms with van der Waals surface area (Å²) in [5.41, 5.74) is 0. The van der Waals surface area contributed by atoms with Crippen LogP contribution in [-0.2, 0) is 14.3 Å². The minimum atomic E-state index is -0.451. The van der Waals surface area contributed by atoms with E-state index in [1.54, 1.807) is 6.92 Å². The summed E-state index contributed by atoms with van der Waals surface area (Å²) in [6.45, 7) is 2.20. The Morgan fingerprint density at radius 3 is 2.92 bits per heavy atom. The van der Waals surface area contributed by atoms with Gasteiger partial charge in [0.1, 0.15) is 12.6 Å². The second kappa shape index (κ2) is 3.42. The van der Waals surface area contributed by atoms with E-state index < -0.39 is 12.1 Å². The molecule has 0 aromatic carbocycles. The number of ether oxygens (including phenoxy) is 2. The van der Waals surface area contributed by atoms with Crippen molar-refractivity contribution in [3.05, 3.63) is 0 Å². The summed E-state index contributed by atoms with van der Waals surface area (Å²) >= 11 is 0. The Balaban J connectivity index is 2.43. The van der Waals surface area contributed by atoms with Crippen molar-refractivity contribution in [2.24, 2.45) is 0 Å². The first-order chi connectivity index (χ1) is 5.63. The number of hydrogen-bond donors (Lipinski definition) is 0. The molecule has 0 aromatic rings. The van der Waals surface area contributed by atoms with Gasteiger partial charge in [0.05, 0.1) is 13.7 Å². The van der Waals surface area contributed by atoms with E-state index in [-0.39, 0.29) is 12.6 Å². The molecule has 1 heterocycles. The van der Waals surface area contributed by atoms with Gasteiger partial charge in [-0.2, -0.15) is 0 Å². The van der Waals surface area contributed by atoms with Crippen molar-refractivity contribution in [1.29, 1.82) is 0 Å². The van der Waals surface area contributed by atoms with Crippen LogP contribution in [0.25, 0.3) is 0 Å². The molecule has 1 aliphatic heterocycles. The highest BCUT2D eigenvalue weighted by molar-refractivity contribution is 5.78. The number of esters is 1. The van der Waals surface area contributed by atoms with Crippen LogP contribution < -0.4 is 0 Å². The third-order valence-corrected chi connectivity index (χ3v) is 1.59. The molecule has 0 spiro atoms. The Morgan fingerprint density at radius 2 is 2.50 bits per heavy atom. The maximum Gasteiger partial charge on any atom is 0.410 e. The first kappa shape index (κ1) is 8.83. The van der Waals surface area contributed by atoms with Gasteiger partial charge in [0.25, 0.3) is 0 Å². The lowest BCUT2D eigenvalue weighted by Crippen LogP contribution is -2.31. The lowest BCUT2D eigenvalue weighted by molar-refractivity contribution is -0.141. The lowest BCUT2D eigenvalue weighted by atomic mass is 10.4. The zero-order valence-corrected chi connectivity index (χ0v) is 7.07. The fourth-order valence-corrected chi connectivity index (χ4v) is 1.02. The molecule has 1 fully saturated rings. The van der Waals surface area contributed by atoms with E-state index in [0.29, 0.717) is 6.54 Å². The summed E-state index contributed by atoms with van der Waals surface area (Å²) in [5, 5.41) is 0. The zero-order valence-electron chi connectivity index (χ0n) is 7.07. The molecule has 1 amide bonds. The number of hydrogen-bond acceptors (Lipinski definition) is 4. The van der Waals surface area contributed by atoms with Crippen LogP contribution in [0.2, 0.25) is 0 Å². The number of carbonyl (C=O) groups excluding carboxylic acids is 2. The van der Waals surface area contributed by atoms with Crippen LogP contribution in [0.15, 0.2) is 0 Å². The summed E-state index contributed by atoms with van der Waals surface area (Å²) in [5.74, 6) is -0.430. The van der Waals surface area contributed by atoms with Crippen molar-refractivity contribution >= 4 is 12.1 Å². The van der Waals surface area contributed by atoms with Gasteiger partial charge in [0, 0.05) is 0 Å². The molecule has 0 N–H and O–H groups in total. The maximum atomic E-state index is 10.9. The lowest BCUT2D eigenvalue weighted by Gasteiger charge is -2.09. The molecular weight excluding hydrogens is 162 g/mol. The molecule has 0 radical (unpaired) electrons. The highest BCUT2D eigenvalue weighted by Gasteiger charge is 2.29. The molecule has 5 nitrogen and oxygen atoms in total. The summed E-state index contributed by atoms with van der Waals surface area (Å²) in [6.07, 6.45) is -0.588. The van der Waals surface area contributed by atoms with Crippen molar-refractivity contribution < 1.29 is 19.1 Å². The van der Waals surface area contributed by atoms with Crippen LogP contribution in [-0.4, -0.2) is 43.3 Å². The number of amides is 1. The van der Waals surface area contributed by atoms with Gasteiger partial charge in [-0.3, -0.25) is 9.69 Å². The molecule has 1 unspecified atom stereocenters. The van der Waals surface area contributed by atoms with E-state index in [9.17, 15) is 9.59 Å². The fourth-order valence-electron chi connectivity index (χ4n) is 1.02. The normalized spacial score (nSPS) is 22.3. The molecule has 5 heteroatoms. The number of cyclic esters (lactones) is 1. The molecule has 12 heavy (non-hydrogen) atoms. The smallest absolute Gasteiger partial charge is 0.410 e. The van der Waals surface area contributed by atoms with Gasteiger partial charge in [0.2, 0.25) is 0 Å². The van der Waals surface area contributed by atoms with Crippen LogP contribution in [0.3, 0.4) is 0 Å². The number of rotatable bonds is 2. The third kappa shape index (κ3) is 1.87. The van der Waals surface area contributed by atoms with Crippen LogP contribution in [0.1, 0.15) is 6.92 Å². The second-order valence-corrected chi connectivity index (χ2v) is 2.65. The van der Waals surface area contributed by atoms with E-state index >= 15 is 0 Å². The minimum absolute atomic E-state index is 0.0281. The van der Waals surface area contributed by atoms with E-state index in [2.05, 4.69) is 4.74 Å². The average Bonchev–Trinajstić information content (AvgIpc) is 2.30. The quantitative estimate of drug-likeness (QED) is 0.551. The third-order valence-electron chi connectivity index (χ3n) is 1.59. The second-order valence-electron chi connectivity index (χ2n) is 2.65. The predicted octanol–water partition coefficient (Wildman–Crippen LogP) is 0.0001000. The highest BCUT2D eigenvalue weighted by atomic mass is 16.6. The zero-order chi connectivity index (χ0) is 9.14. The summed E-state index contributed by atoms with van der Waals surface area (Å²) in [7, 11) is 1.28. The largest absolute Gasteiger partial charge is 0.468 e. The number of methoxy groups -OCH3 is 1. The van der Waals surface area contributed by atoms with Crippen LogP contribution in [0.5, 0.6) is 0 Å². The molecule has 0 aromatic heterocycles. The van der Waals surface area contributed by atoms with Gasteiger partial charge < -0.3 is 9.47 Å². The Morgan fingerprint density at radius 1 is 1.83 bits per heavy atom. The molecule has 0 aliphatic carbocycles. The van der Waals surface area contributed by atoms with E-state index in [1.165, 1.54) is 12.0 Å². The summed E-state index contributed by atoms with van der Waals surface area (Å²) < 4.78 is 9.21. The van der Waals surface area contributed by atoms with Gasteiger partial charge >= 0.3 is 12.1 Å². The molecule has 1 aliphatic rings. The topological polar surface area (TPSA) is 55.8 Å². The van der Waals surface area contributed by atoms with Crippen molar-refractivity contribution in [2.75, 3.05) is 20.2 Å². The van der Waals surface area contributed by atoms with Crippen molar-refractivity contribution in [2.45, 2.75) is 13.0 Å². The summed E-state index contributed by atoms with van der Waals surface area (Å²) in [6, 6.07) is 0. The molecule has 0 saturated carbocycles. The van der Waals surface area contributed by atoms with Crippen LogP contribution in [0.4, 0.5) is 4.79 Å². The van der Waals surface area contributed by atoms with Gasteiger partial charge in [0.15, 0.2) is 0 Å². The molecule has 1 saturated heterocycles. The van der Waals surface area contributed by atoms with Gasteiger partial charge in [-0.1, -0.05) is 0 Å². The van der Waals surface area contributed by atoms with Crippen molar-refractivity contribution in [3.8, 4) is 0 Å². The maximum absolute atomic E-state index is 10.9. The molecular formula is C7H11NO4. The van der Waals surface area contributed by atoms with E-state index in [1.807, 2.05) is 0 Å². The summed E-state index contributed by atoms with van der Waals surface area (Å²) in [4.78, 5) is 23.0. The Labute approximate surface area is 70.2 Å². The number of carbonyl (C=O) groups is 2. The fraction of sp³-hybridized carbons (Fsp3) is 0.714. The SMILES string of the molecule is COC(=O)CN1CC(C)OC1=O. The molecule has 1 atom stereocenters. The monoisotopic (exact) mass is 173 g/mol. The number of nitrogens with zero attached hydrogens (tertiary/aromatic N) is 1. The van der Waals surface area contributed by atoms with Gasteiger partial charge in [-0.15, -0.1) is 0 Å². The minimum Gasteiger partial charge on any atom is -0.468 e. The molecule has 1 rings (SSSR count). The van der Waals surface area contributed by atoms with Gasteiger partial charge in [-0.25, -0.2) is 4.79 Å². The van der Waals surface area contributed by atoms with E-state index in [4.69, 9.17) is 4.74 Å². The average molecular weight is 173 g/mol. The predicted molar refractivity (Wildman–Crippen MR) is 39.5 cm³/mol. The highest BCUT2D eigenvalue weighted by Crippen LogP contribution is 2.09. The standard InChI is InChI=1S/C7H11NO4/c1-5-3-8(7(10)12-5)4-6(9)11-2/h5H,3-4H2,1-2H3. The van der Waals surface area contributed by atoms with Gasteiger partial charge in [-0.05, 0) is 6.92 Å². The first-order valence-corrected chi connectivity index (χ1v) is 3.66. The van der Waals surface area contributed by atoms with Crippen LogP contribution >= 0.6 is 0 Å². The Hall–Kier alpha value is -1.26. The first-order valence-electron chi connectivity index (χ1n) is 3.66. The Bertz CT molecular complexity index is 204. The van der Waals surface area contributed by atoms with Crippen molar-refractivity contribution in [3.63, 3.8) is 0 Å².